The zero-order chi connectivity index (χ0) is 13.0. The van der Waals surface area contributed by atoms with E-state index in [-0.39, 0.29) is 0 Å². The number of thioether (sulfide) groups is 1. The third-order valence-electron chi connectivity index (χ3n) is 3.60. The normalized spacial score (nSPS) is 20.1. The summed E-state index contributed by atoms with van der Waals surface area (Å²) in [7, 11) is 0. The van der Waals surface area contributed by atoms with Gasteiger partial charge in [0.25, 0.3) is 0 Å². The first-order valence-corrected chi connectivity index (χ1v) is 8.16. The minimum absolute atomic E-state index is 0.640. The summed E-state index contributed by atoms with van der Waals surface area (Å²) in [6, 6.07) is 9.57. The quantitative estimate of drug-likeness (QED) is 0.821. The van der Waals surface area contributed by atoms with Crippen molar-refractivity contribution in [3.05, 3.63) is 29.8 Å². The second-order valence-corrected chi connectivity index (χ2v) is 6.71. The lowest BCUT2D eigenvalue weighted by atomic mass is 9.88. The largest absolute Gasteiger partial charge is 0.313 e. The van der Waals surface area contributed by atoms with Gasteiger partial charge in [-0.25, -0.2) is 0 Å². The van der Waals surface area contributed by atoms with E-state index in [0.29, 0.717) is 12.0 Å². The first-order chi connectivity index (χ1) is 8.72. The summed E-state index contributed by atoms with van der Waals surface area (Å²) in [5, 5.41) is 3.77. The Kier molecular flexibility index (Phi) is 5.13. The highest BCUT2D eigenvalue weighted by molar-refractivity contribution is 7.99. The van der Waals surface area contributed by atoms with E-state index in [1.54, 1.807) is 5.56 Å². The molecule has 0 bridgehead atoms. The van der Waals surface area contributed by atoms with Crippen LogP contribution in [0, 0.1) is 5.92 Å². The summed E-state index contributed by atoms with van der Waals surface area (Å²) in [5.74, 6) is 2.70. The standard InChI is InChI=1S/C16H25NS/c1-4-9-17-15(10-12(2)3)14-11-18-16-8-6-5-7-13(14)16/h5-8,12,14-15,17H,4,9-11H2,1-3H3. The molecule has 1 aromatic carbocycles. The molecule has 1 nitrogen and oxygen atoms in total. The van der Waals surface area contributed by atoms with Gasteiger partial charge in [-0.3, -0.25) is 0 Å². The van der Waals surface area contributed by atoms with Gasteiger partial charge in [0.1, 0.15) is 0 Å². The van der Waals surface area contributed by atoms with Crippen molar-refractivity contribution in [3.8, 4) is 0 Å². The molecule has 0 aliphatic carbocycles. The molecular formula is C16H25NS. The maximum Gasteiger partial charge on any atom is 0.0147 e. The van der Waals surface area contributed by atoms with Crippen molar-refractivity contribution in [3.63, 3.8) is 0 Å². The van der Waals surface area contributed by atoms with Crippen LogP contribution in [0.2, 0.25) is 0 Å². The summed E-state index contributed by atoms with van der Waals surface area (Å²) in [6.45, 7) is 8.04. The van der Waals surface area contributed by atoms with Crippen LogP contribution >= 0.6 is 11.8 Å². The highest BCUT2D eigenvalue weighted by Crippen LogP contribution is 2.42. The minimum atomic E-state index is 0.640. The molecule has 0 radical (unpaired) electrons. The lowest BCUT2D eigenvalue weighted by Gasteiger charge is -2.27. The van der Waals surface area contributed by atoms with E-state index in [2.05, 4.69) is 50.4 Å². The molecule has 1 N–H and O–H groups in total. The lowest BCUT2D eigenvalue weighted by molar-refractivity contribution is 0.379. The molecule has 2 unspecified atom stereocenters. The van der Waals surface area contributed by atoms with Gasteiger partial charge >= 0.3 is 0 Å². The van der Waals surface area contributed by atoms with Crippen molar-refractivity contribution in [2.75, 3.05) is 12.3 Å². The lowest BCUT2D eigenvalue weighted by Crippen LogP contribution is -2.36. The molecule has 2 atom stereocenters. The molecule has 1 heterocycles. The highest BCUT2D eigenvalue weighted by atomic mass is 32.2. The molecule has 0 fully saturated rings. The number of hydrogen-bond acceptors (Lipinski definition) is 2. The fourth-order valence-electron chi connectivity index (χ4n) is 2.75. The third-order valence-corrected chi connectivity index (χ3v) is 4.81. The van der Waals surface area contributed by atoms with Crippen LogP contribution in [0.5, 0.6) is 0 Å². The molecule has 0 saturated heterocycles. The third kappa shape index (κ3) is 3.30. The number of rotatable bonds is 6. The Morgan fingerprint density at radius 3 is 2.83 bits per heavy atom. The van der Waals surface area contributed by atoms with Crippen molar-refractivity contribution < 1.29 is 0 Å². The molecule has 0 spiro atoms. The van der Waals surface area contributed by atoms with Crippen LogP contribution in [0.3, 0.4) is 0 Å². The maximum atomic E-state index is 3.77. The first-order valence-electron chi connectivity index (χ1n) is 7.17. The molecule has 0 amide bonds. The number of benzene rings is 1. The van der Waals surface area contributed by atoms with Crippen LogP contribution in [0.25, 0.3) is 0 Å². The van der Waals surface area contributed by atoms with Gasteiger partial charge in [0.05, 0.1) is 0 Å². The summed E-state index contributed by atoms with van der Waals surface area (Å²) >= 11 is 2.02. The van der Waals surface area contributed by atoms with Crippen LogP contribution in [-0.2, 0) is 0 Å². The van der Waals surface area contributed by atoms with Crippen LogP contribution in [0.4, 0.5) is 0 Å². The summed E-state index contributed by atoms with van der Waals surface area (Å²) in [6.07, 6.45) is 2.50. The van der Waals surface area contributed by atoms with Crippen molar-refractivity contribution in [1.29, 1.82) is 0 Å². The van der Waals surface area contributed by atoms with Gasteiger partial charge in [0.15, 0.2) is 0 Å². The highest BCUT2D eigenvalue weighted by Gasteiger charge is 2.29. The monoisotopic (exact) mass is 263 g/mol. The zero-order valence-electron chi connectivity index (χ0n) is 11.8. The number of hydrogen-bond donors (Lipinski definition) is 1. The second-order valence-electron chi connectivity index (χ2n) is 5.65. The van der Waals surface area contributed by atoms with Crippen molar-refractivity contribution >= 4 is 11.8 Å². The Morgan fingerprint density at radius 1 is 1.33 bits per heavy atom. The van der Waals surface area contributed by atoms with Crippen LogP contribution in [-0.4, -0.2) is 18.3 Å². The van der Waals surface area contributed by atoms with E-state index in [0.717, 1.165) is 12.5 Å². The van der Waals surface area contributed by atoms with E-state index in [1.807, 2.05) is 11.8 Å². The van der Waals surface area contributed by atoms with Gasteiger partial charge in [-0.2, -0.15) is 0 Å². The Hall–Kier alpha value is -0.470. The van der Waals surface area contributed by atoms with Gasteiger partial charge in [-0.15, -0.1) is 11.8 Å². The first kappa shape index (κ1) is 14.0. The summed E-state index contributed by atoms with van der Waals surface area (Å²) in [4.78, 5) is 1.49. The summed E-state index contributed by atoms with van der Waals surface area (Å²) < 4.78 is 0. The molecule has 100 valence electrons. The van der Waals surface area contributed by atoms with Gasteiger partial charge in [0.2, 0.25) is 0 Å². The molecule has 1 aliphatic rings. The van der Waals surface area contributed by atoms with E-state index in [4.69, 9.17) is 0 Å². The topological polar surface area (TPSA) is 12.0 Å². The zero-order valence-corrected chi connectivity index (χ0v) is 12.6. The molecule has 2 rings (SSSR count). The van der Waals surface area contributed by atoms with Crippen LogP contribution in [0.15, 0.2) is 29.2 Å². The molecule has 0 saturated carbocycles. The fourth-order valence-corrected chi connectivity index (χ4v) is 4.08. The van der Waals surface area contributed by atoms with E-state index >= 15 is 0 Å². The average Bonchev–Trinajstić information content (AvgIpc) is 2.78. The molecule has 18 heavy (non-hydrogen) atoms. The Bertz CT molecular complexity index is 375. The van der Waals surface area contributed by atoms with E-state index in [1.165, 1.54) is 23.5 Å². The van der Waals surface area contributed by atoms with Crippen molar-refractivity contribution in [1.82, 2.24) is 5.32 Å². The van der Waals surface area contributed by atoms with Crippen molar-refractivity contribution in [2.24, 2.45) is 5.92 Å². The van der Waals surface area contributed by atoms with Gasteiger partial charge in [-0.05, 0) is 36.9 Å². The van der Waals surface area contributed by atoms with Gasteiger partial charge in [-0.1, -0.05) is 39.0 Å². The van der Waals surface area contributed by atoms with Crippen LogP contribution in [0.1, 0.15) is 45.1 Å². The SMILES string of the molecule is CCCNC(CC(C)C)C1CSc2ccccc21. The van der Waals surface area contributed by atoms with Gasteiger partial charge in [0, 0.05) is 22.6 Å². The predicted molar refractivity (Wildman–Crippen MR) is 81.4 cm³/mol. The van der Waals surface area contributed by atoms with Crippen LogP contribution < -0.4 is 5.32 Å². The minimum Gasteiger partial charge on any atom is -0.313 e. The molecule has 1 aliphatic heterocycles. The smallest absolute Gasteiger partial charge is 0.0147 e. The Morgan fingerprint density at radius 2 is 2.11 bits per heavy atom. The maximum absolute atomic E-state index is 3.77. The summed E-state index contributed by atoms with van der Waals surface area (Å²) in [5.41, 5.74) is 1.57. The Labute approximate surface area is 116 Å². The van der Waals surface area contributed by atoms with Crippen molar-refractivity contribution in [2.45, 2.75) is 50.5 Å². The number of nitrogens with one attached hydrogen (secondary N) is 1. The van der Waals surface area contributed by atoms with E-state index < -0.39 is 0 Å². The average molecular weight is 263 g/mol. The molecule has 2 heteroatoms. The Balaban J connectivity index is 2.11. The number of fused-ring (bicyclic) bond motifs is 1. The van der Waals surface area contributed by atoms with Gasteiger partial charge < -0.3 is 5.32 Å². The second kappa shape index (κ2) is 6.63. The molecular weight excluding hydrogens is 238 g/mol. The molecule has 0 aromatic heterocycles. The molecule has 1 aromatic rings. The fraction of sp³-hybridized carbons (Fsp3) is 0.625. The predicted octanol–water partition coefficient (Wildman–Crippen LogP) is 4.29. The van der Waals surface area contributed by atoms with E-state index in [9.17, 15) is 0 Å².